The molecule has 6 aromatic rings. The molecule has 50 heavy (non-hydrogen) atoms. The summed E-state index contributed by atoms with van der Waals surface area (Å²) in [5.41, 5.74) is 9.33. The molecule has 0 saturated heterocycles. The lowest BCUT2D eigenvalue weighted by molar-refractivity contribution is 0.641. The molecule has 0 radical (unpaired) electrons. The fourth-order valence-corrected chi connectivity index (χ4v) is 8.22. The van der Waals surface area contributed by atoms with Crippen LogP contribution in [-0.2, 0) is 6.42 Å². The maximum atomic E-state index is 4.04. The molecule has 0 aromatic heterocycles. The first kappa shape index (κ1) is 31.8. The molecule has 0 bridgehead atoms. The van der Waals surface area contributed by atoms with Crippen molar-refractivity contribution in [1.82, 2.24) is 0 Å². The van der Waals surface area contributed by atoms with Crippen molar-refractivity contribution < 1.29 is 0 Å². The summed E-state index contributed by atoms with van der Waals surface area (Å²) >= 11 is 0. The Morgan fingerprint density at radius 3 is 2.28 bits per heavy atom. The summed E-state index contributed by atoms with van der Waals surface area (Å²) in [4.78, 5) is 0. The van der Waals surface area contributed by atoms with E-state index in [-0.39, 0.29) is 0 Å². The highest BCUT2D eigenvalue weighted by Crippen LogP contribution is 2.39. The first-order valence-corrected chi connectivity index (χ1v) is 18.2. The van der Waals surface area contributed by atoms with E-state index in [1.807, 2.05) is 6.08 Å². The van der Waals surface area contributed by atoms with Crippen LogP contribution in [0.5, 0.6) is 0 Å². The number of allylic oxidation sites excluding steroid dienone is 13. The molecule has 6 aromatic carbocycles. The standard InChI is InChI=1S/C50H44/c1-5-7-16-46(48-19-12-18-47-43-17-11-10-15-40(43)28-34(4)50(47)48)49(33(3)6-2)30-35-20-26-44-41(29-35)23-24-42-32-39(25-27-45(42)44)38-22-21-36-13-8-9-14-37(36)31-38/h5,7-29,31-33,36-37H,1,6,30H2,2-4H3/b16-7-,49-46-. The summed E-state index contributed by atoms with van der Waals surface area (Å²) in [6, 6.07) is 36.6. The van der Waals surface area contributed by atoms with Gasteiger partial charge in [0.1, 0.15) is 0 Å². The first-order chi connectivity index (χ1) is 24.5. The van der Waals surface area contributed by atoms with Crippen LogP contribution >= 0.6 is 0 Å². The summed E-state index contributed by atoms with van der Waals surface area (Å²) in [5.74, 6) is 1.33. The Kier molecular flexibility index (Phi) is 8.55. The van der Waals surface area contributed by atoms with E-state index in [1.165, 1.54) is 82.1 Å². The Labute approximate surface area is 296 Å². The highest BCUT2D eigenvalue weighted by atomic mass is 14.2. The van der Waals surface area contributed by atoms with Crippen LogP contribution in [0.1, 0.15) is 42.5 Å². The summed E-state index contributed by atoms with van der Waals surface area (Å²) in [5, 5.41) is 10.4. The van der Waals surface area contributed by atoms with E-state index in [1.54, 1.807) is 0 Å². The van der Waals surface area contributed by atoms with Crippen molar-refractivity contribution >= 4 is 54.2 Å². The maximum absolute atomic E-state index is 4.04. The number of fused-ring (bicyclic) bond motifs is 7. The van der Waals surface area contributed by atoms with Crippen molar-refractivity contribution in [3.63, 3.8) is 0 Å². The minimum atomic E-state index is 0.416. The molecule has 0 heteroatoms. The van der Waals surface area contributed by atoms with E-state index in [0.717, 1.165) is 12.8 Å². The van der Waals surface area contributed by atoms with Gasteiger partial charge in [0.2, 0.25) is 0 Å². The number of rotatable bonds is 8. The van der Waals surface area contributed by atoms with Crippen LogP contribution in [-0.4, -0.2) is 0 Å². The van der Waals surface area contributed by atoms with Gasteiger partial charge in [-0.2, -0.15) is 0 Å². The molecule has 0 amide bonds. The lowest BCUT2D eigenvalue weighted by Gasteiger charge is -2.23. The molecular formula is C50H44. The maximum Gasteiger partial charge on any atom is 0.00567 e. The minimum Gasteiger partial charge on any atom is -0.0991 e. The molecule has 3 unspecified atom stereocenters. The summed E-state index contributed by atoms with van der Waals surface area (Å²) in [6.45, 7) is 11.0. The first-order valence-electron chi connectivity index (χ1n) is 18.2. The summed E-state index contributed by atoms with van der Waals surface area (Å²) in [7, 11) is 0. The second-order valence-corrected chi connectivity index (χ2v) is 14.1. The summed E-state index contributed by atoms with van der Waals surface area (Å²) in [6.07, 6.45) is 24.3. The van der Waals surface area contributed by atoms with Crippen molar-refractivity contribution in [2.24, 2.45) is 17.8 Å². The van der Waals surface area contributed by atoms with Gasteiger partial charge >= 0.3 is 0 Å². The predicted molar refractivity (Wildman–Crippen MR) is 219 cm³/mol. The number of hydrogen-bond acceptors (Lipinski definition) is 0. The SMILES string of the molecule is C=C/C=C\C(=C(/Cc1ccc2c(ccc3cc(C4=CC5C=CC=CC5C=C4)ccc32)c1)C(C)CC)c1cccc2c1c(C)cc1ccccc12. The Hall–Kier alpha value is -5.46. The molecule has 0 N–H and O–H groups in total. The van der Waals surface area contributed by atoms with Gasteiger partial charge < -0.3 is 0 Å². The molecule has 0 saturated carbocycles. The fourth-order valence-electron chi connectivity index (χ4n) is 8.22. The normalized spacial score (nSPS) is 18.2. The average Bonchev–Trinajstić information content (AvgIpc) is 3.16. The largest absolute Gasteiger partial charge is 0.0991 e. The quantitative estimate of drug-likeness (QED) is 0.114. The van der Waals surface area contributed by atoms with Crippen LogP contribution in [0.4, 0.5) is 0 Å². The highest BCUT2D eigenvalue weighted by Gasteiger charge is 2.20. The van der Waals surface area contributed by atoms with Gasteiger partial charge in [0, 0.05) is 11.8 Å². The average molecular weight is 645 g/mol. The van der Waals surface area contributed by atoms with Gasteiger partial charge in [0.15, 0.2) is 0 Å². The van der Waals surface area contributed by atoms with Crippen molar-refractivity contribution in [3.05, 3.63) is 192 Å². The van der Waals surface area contributed by atoms with E-state index < -0.39 is 0 Å². The Morgan fingerprint density at radius 2 is 1.46 bits per heavy atom. The Bertz CT molecular complexity index is 2490. The van der Waals surface area contributed by atoms with Crippen LogP contribution in [0, 0.1) is 24.7 Å². The smallest absolute Gasteiger partial charge is 0.00567 e. The van der Waals surface area contributed by atoms with Crippen LogP contribution in [0.25, 0.3) is 54.2 Å². The zero-order valence-corrected chi connectivity index (χ0v) is 29.4. The minimum absolute atomic E-state index is 0.416. The second-order valence-electron chi connectivity index (χ2n) is 14.1. The molecule has 0 nitrogen and oxygen atoms in total. The molecule has 8 rings (SSSR count). The van der Waals surface area contributed by atoms with E-state index in [2.05, 4.69) is 179 Å². The molecule has 0 spiro atoms. The summed E-state index contributed by atoms with van der Waals surface area (Å²) < 4.78 is 0. The zero-order valence-electron chi connectivity index (χ0n) is 29.4. The zero-order chi connectivity index (χ0) is 34.2. The highest BCUT2D eigenvalue weighted by molar-refractivity contribution is 6.13. The van der Waals surface area contributed by atoms with E-state index >= 15 is 0 Å². The van der Waals surface area contributed by atoms with Crippen LogP contribution in [0.15, 0.2) is 170 Å². The van der Waals surface area contributed by atoms with E-state index in [9.17, 15) is 0 Å². The van der Waals surface area contributed by atoms with Crippen molar-refractivity contribution in [1.29, 1.82) is 0 Å². The van der Waals surface area contributed by atoms with Gasteiger partial charge in [-0.3, -0.25) is 0 Å². The van der Waals surface area contributed by atoms with Gasteiger partial charge in [0.05, 0.1) is 0 Å². The van der Waals surface area contributed by atoms with Crippen LogP contribution in [0.3, 0.4) is 0 Å². The molecule has 2 aliphatic rings. The third-order valence-corrected chi connectivity index (χ3v) is 11.0. The molecule has 0 fully saturated rings. The van der Waals surface area contributed by atoms with Crippen LogP contribution in [0.2, 0.25) is 0 Å². The van der Waals surface area contributed by atoms with Crippen LogP contribution < -0.4 is 0 Å². The van der Waals surface area contributed by atoms with Gasteiger partial charge in [-0.1, -0.05) is 178 Å². The second kappa shape index (κ2) is 13.4. The van der Waals surface area contributed by atoms with Crippen molar-refractivity contribution in [2.75, 3.05) is 0 Å². The fraction of sp³-hybridized carbons (Fsp3) is 0.160. The number of benzene rings is 6. The Morgan fingerprint density at radius 1 is 0.740 bits per heavy atom. The van der Waals surface area contributed by atoms with Crippen molar-refractivity contribution in [3.8, 4) is 0 Å². The molecule has 0 heterocycles. The van der Waals surface area contributed by atoms with Gasteiger partial charge in [-0.15, -0.1) is 0 Å². The van der Waals surface area contributed by atoms with Gasteiger partial charge in [0.25, 0.3) is 0 Å². The van der Waals surface area contributed by atoms with Gasteiger partial charge in [-0.05, 0) is 108 Å². The third kappa shape index (κ3) is 5.80. The molecule has 244 valence electrons. The topological polar surface area (TPSA) is 0 Å². The third-order valence-electron chi connectivity index (χ3n) is 11.0. The molecule has 2 aliphatic carbocycles. The molecule has 3 atom stereocenters. The van der Waals surface area contributed by atoms with Gasteiger partial charge in [-0.25, -0.2) is 0 Å². The lowest BCUT2D eigenvalue weighted by atomic mass is 9.81. The Balaban J connectivity index is 1.20. The molecular weight excluding hydrogens is 601 g/mol. The number of aryl methyl sites for hydroxylation is 1. The number of hydrogen-bond donors (Lipinski definition) is 0. The van der Waals surface area contributed by atoms with E-state index in [0.29, 0.717) is 17.8 Å². The predicted octanol–water partition coefficient (Wildman–Crippen LogP) is 13.7. The van der Waals surface area contributed by atoms with Crippen molar-refractivity contribution in [2.45, 2.75) is 33.6 Å². The molecule has 0 aliphatic heterocycles. The monoisotopic (exact) mass is 644 g/mol. The van der Waals surface area contributed by atoms with E-state index in [4.69, 9.17) is 0 Å². The lowest BCUT2D eigenvalue weighted by Crippen LogP contribution is -2.11.